The second-order valence-electron chi connectivity index (χ2n) is 5.22. The van der Waals surface area contributed by atoms with E-state index in [9.17, 15) is 9.59 Å². The first-order valence-electron chi connectivity index (χ1n) is 7.03. The van der Waals surface area contributed by atoms with Crippen molar-refractivity contribution in [1.29, 1.82) is 0 Å². The summed E-state index contributed by atoms with van der Waals surface area (Å²) in [5.41, 5.74) is 1.55. The molecule has 0 spiro atoms. The molecule has 1 rings (SSSR count). The molecule has 0 saturated carbocycles. The predicted octanol–water partition coefficient (Wildman–Crippen LogP) is 3.61. The molecule has 0 atom stereocenters. The zero-order valence-electron chi connectivity index (χ0n) is 12.8. The van der Waals surface area contributed by atoms with Gasteiger partial charge in [0.25, 0.3) is 0 Å². The van der Waals surface area contributed by atoms with Gasteiger partial charge in [-0.3, -0.25) is 4.79 Å². The van der Waals surface area contributed by atoms with E-state index in [1.807, 2.05) is 12.1 Å². The summed E-state index contributed by atoms with van der Waals surface area (Å²) in [4.78, 5) is 22.8. The third-order valence-electron chi connectivity index (χ3n) is 2.89. The summed E-state index contributed by atoms with van der Waals surface area (Å²) >= 11 is 0. The SMILES string of the molecule is C=C(C)C(=O)OCCCC(=O)Oc1ccc(C(C)C)cc1. The predicted molar refractivity (Wildman–Crippen MR) is 81.2 cm³/mol. The molecule has 0 saturated heterocycles. The van der Waals surface area contributed by atoms with Gasteiger partial charge in [-0.05, 0) is 37.0 Å². The van der Waals surface area contributed by atoms with Crippen LogP contribution in [0.2, 0.25) is 0 Å². The van der Waals surface area contributed by atoms with Crippen molar-refractivity contribution in [3.05, 3.63) is 42.0 Å². The van der Waals surface area contributed by atoms with Gasteiger partial charge in [-0.1, -0.05) is 32.6 Å². The highest BCUT2D eigenvalue weighted by atomic mass is 16.5. The fourth-order valence-corrected chi connectivity index (χ4v) is 1.61. The summed E-state index contributed by atoms with van der Waals surface area (Å²) in [6, 6.07) is 7.46. The van der Waals surface area contributed by atoms with Crippen molar-refractivity contribution in [3.63, 3.8) is 0 Å². The zero-order chi connectivity index (χ0) is 15.8. The molecular formula is C17H22O4. The number of esters is 2. The maximum absolute atomic E-state index is 11.6. The summed E-state index contributed by atoms with van der Waals surface area (Å²) in [6.07, 6.45) is 0.636. The number of ether oxygens (including phenoxy) is 2. The normalized spacial score (nSPS) is 10.3. The van der Waals surface area contributed by atoms with Crippen LogP contribution in [0, 0.1) is 0 Å². The molecule has 0 aliphatic heterocycles. The third-order valence-corrected chi connectivity index (χ3v) is 2.89. The minimum atomic E-state index is -0.437. The number of carbonyl (C=O) groups excluding carboxylic acids is 2. The first kappa shape index (κ1) is 17.0. The second-order valence-corrected chi connectivity index (χ2v) is 5.22. The number of rotatable bonds is 7. The van der Waals surface area contributed by atoms with E-state index >= 15 is 0 Å². The van der Waals surface area contributed by atoms with Crippen LogP contribution in [-0.4, -0.2) is 18.5 Å². The van der Waals surface area contributed by atoms with Gasteiger partial charge in [0.2, 0.25) is 0 Å². The molecule has 0 aromatic heterocycles. The summed E-state index contributed by atoms with van der Waals surface area (Å²) in [6.45, 7) is 9.46. The Morgan fingerprint density at radius 1 is 1.19 bits per heavy atom. The lowest BCUT2D eigenvalue weighted by Crippen LogP contribution is -2.11. The van der Waals surface area contributed by atoms with Crippen molar-refractivity contribution in [2.75, 3.05) is 6.61 Å². The Morgan fingerprint density at radius 2 is 1.81 bits per heavy atom. The van der Waals surface area contributed by atoms with Gasteiger partial charge in [-0.2, -0.15) is 0 Å². The maximum atomic E-state index is 11.6. The Labute approximate surface area is 125 Å². The van der Waals surface area contributed by atoms with Gasteiger partial charge in [-0.25, -0.2) is 4.79 Å². The van der Waals surface area contributed by atoms with Crippen LogP contribution in [0.5, 0.6) is 5.75 Å². The molecule has 114 valence electrons. The first-order chi connectivity index (χ1) is 9.90. The van der Waals surface area contributed by atoms with Gasteiger partial charge in [0.05, 0.1) is 6.61 Å². The summed E-state index contributed by atoms with van der Waals surface area (Å²) in [5.74, 6) is 0.201. The van der Waals surface area contributed by atoms with Crippen LogP contribution in [0.4, 0.5) is 0 Å². The van der Waals surface area contributed by atoms with Gasteiger partial charge in [0.1, 0.15) is 5.75 Å². The Balaban J connectivity index is 2.30. The Morgan fingerprint density at radius 3 is 2.33 bits per heavy atom. The quantitative estimate of drug-likeness (QED) is 0.333. The van der Waals surface area contributed by atoms with Gasteiger partial charge >= 0.3 is 11.9 Å². The summed E-state index contributed by atoms with van der Waals surface area (Å²) < 4.78 is 10.1. The molecule has 1 aromatic carbocycles. The van der Waals surface area contributed by atoms with Gasteiger partial charge < -0.3 is 9.47 Å². The lowest BCUT2D eigenvalue weighted by Gasteiger charge is -2.08. The number of carbonyl (C=O) groups is 2. The highest BCUT2D eigenvalue weighted by Crippen LogP contribution is 2.18. The monoisotopic (exact) mass is 290 g/mol. The Kier molecular flexibility index (Phi) is 6.66. The van der Waals surface area contributed by atoms with Gasteiger partial charge in [-0.15, -0.1) is 0 Å². The minimum Gasteiger partial charge on any atom is -0.462 e. The molecule has 0 fully saturated rings. The van der Waals surface area contributed by atoms with E-state index in [4.69, 9.17) is 9.47 Å². The zero-order valence-corrected chi connectivity index (χ0v) is 12.8. The molecule has 0 unspecified atom stereocenters. The van der Waals surface area contributed by atoms with Crippen molar-refractivity contribution >= 4 is 11.9 Å². The van der Waals surface area contributed by atoms with Crippen LogP contribution in [0.3, 0.4) is 0 Å². The first-order valence-corrected chi connectivity index (χ1v) is 7.03. The van der Waals surface area contributed by atoms with Crippen LogP contribution in [-0.2, 0) is 14.3 Å². The average molecular weight is 290 g/mol. The molecule has 4 nitrogen and oxygen atoms in total. The van der Waals surface area contributed by atoms with Crippen molar-refractivity contribution in [2.45, 2.75) is 39.5 Å². The van der Waals surface area contributed by atoms with Crippen LogP contribution < -0.4 is 4.74 Å². The smallest absolute Gasteiger partial charge is 0.333 e. The van der Waals surface area contributed by atoms with Crippen LogP contribution in [0.1, 0.15) is 45.1 Å². The minimum absolute atomic E-state index is 0.188. The fourth-order valence-electron chi connectivity index (χ4n) is 1.61. The van der Waals surface area contributed by atoms with E-state index in [0.717, 1.165) is 0 Å². The standard InChI is InChI=1S/C17H22O4/c1-12(2)14-7-9-15(10-8-14)21-16(18)6-5-11-20-17(19)13(3)4/h7-10,12H,3,5-6,11H2,1-2,4H3. The largest absolute Gasteiger partial charge is 0.462 e. The molecule has 0 aliphatic carbocycles. The molecule has 0 heterocycles. The highest BCUT2D eigenvalue weighted by molar-refractivity contribution is 5.86. The molecule has 21 heavy (non-hydrogen) atoms. The molecule has 0 amide bonds. The topological polar surface area (TPSA) is 52.6 Å². The summed E-state index contributed by atoms with van der Waals surface area (Å²) in [5, 5.41) is 0. The van der Waals surface area contributed by atoms with Crippen molar-refractivity contribution in [3.8, 4) is 5.75 Å². The van der Waals surface area contributed by atoms with Crippen molar-refractivity contribution < 1.29 is 19.1 Å². The number of benzene rings is 1. The molecule has 0 bridgehead atoms. The van der Waals surface area contributed by atoms with Crippen molar-refractivity contribution in [1.82, 2.24) is 0 Å². The molecule has 4 heteroatoms. The van der Waals surface area contributed by atoms with E-state index in [-0.39, 0.29) is 19.0 Å². The van der Waals surface area contributed by atoms with Crippen molar-refractivity contribution in [2.24, 2.45) is 0 Å². The third kappa shape index (κ3) is 6.25. The molecule has 0 N–H and O–H groups in total. The lowest BCUT2D eigenvalue weighted by molar-refractivity contribution is -0.141. The molecule has 0 aliphatic rings. The van der Waals surface area contributed by atoms with Gasteiger partial charge in [0.15, 0.2) is 0 Å². The molecule has 1 aromatic rings. The van der Waals surface area contributed by atoms with Crippen LogP contribution in [0.25, 0.3) is 0 Å². The number of hydrogen-bond donors (Lipinski definition) is 0. The van der Waals surface area contributed by atoms with E-state index in [1.54, 1.807) is 19.1 Å². The summed E-state index contributed by atoms with van der Waals surface area (Å²) in [7, 11) is 0. The van der Waals surface area contributed by atoms with E-state index in [2.05, 4.69) is 20.4 Å². The van der Waals surface area contributed by atoms with E-state index in [0.29, 0.717) is 23.7 Å². The highest BCUT2D eigenvalue weighted by Gasteiger charge is 2.07. The van der Waals surface area contributed by atoms with Crippen LogP contribution >= 0.6 is 0 Å². The molecular weight excluding hydrogens is 268 g/mol. The van der Waals surface area contributed by atoms with E-state index in [1.165, 1.54) is 5.56 Å². The average Bonchev–Trinajstić information content (AvgIpc) is 2.43. The fraction of sp³-hybridized carbons (Fsp3) is 0.412. The van der Waals surface area contributed by atoms with Crippen LogP contribution in [0.15, 0.2) is 36.4 Å². The molecule has 0 radical (unpaired) electrons. The van der Waals surface area contributed by atoms with E-state index < -0.39 is 5.97 Å². The maximum Gasteiger partial charge on any atom is 0.333 e. The Bertz CT molecular complexity index is 500. The lowest BCUT2D eigenvalue weighted by atomic mass is 10.0. The Hall–Kier alpha value is -2.10. The number of hydrogen-bond acceptors (Lipinski definition) is 4. The second kappa shape index (κ2) is 8.25. The van der Waals surface area contributed by atoms with Gasteiger partial charge in [0, 0.05) is 12.0 Å².